The summed E-state index contributed by atoms with van der Waals surface area (Å²) in [5, 5.41) is 5.85. The molecule has 0 fully saturated rings. The van der Waals surface area contributed by atoms with Gasteiger partial charge in [-0.1, -0.05) is 0 Å². The van der Waals surface area contributed by atoms with Crippen molar-refractivity contribution in [3.8, 4) is 0 Å². The first-order chi connectivity index (χ1) is 8.16. The number of hydrogen-bond donors (Lipinski definition) is 1. The summed E-state index contributed by atoms with van der Waals surface area (Å²) in [7, 11) is 0. The van der Waals surface area contributed by atoms with Crippen molar-refractivity contribution in [2.24, 2.45) is 5.10 Å². The number of halogens is 1. The maximum Gasteiger partial charge on any atom is 0.307 e. The largest absolute Gasteiger partial charge is 0.444 e. The highest BCUT2D eigenvalue weighted by Gasteiger charge is 2.08. The normalized spacial score (nSPS) is 10.9. The monoisotopic (exact) mass is 312 g/mol. The van der Waals surface area contributed by atoms with Crippen molar-refractivity contribution < 1.29 is 9.21 Å². The van der Waals surface area contributed by atoms with Gasteiger partial charge in [-0.05, 0) is 52.0 Å². The average Bonchev–Trinajstić information content (AvgIpc) is 2.88. The number of nitrogens with one attached hydrogen (secondary N) is 1. The van der Waals surface area contributed by atoms with Gasteiger partial charge in [0.25, 0.3) is 0 Å². The summed E-state index contributed by atoms with van der Waals surface area (Å²) in [4.78, 5) is 12.6. The van der Waals surface area contributed by atoms with Gasteiger partial charge in [0.05, 0.1) is 6.21 Å². The molecule has 0 saturated heterocycles. The molecule has 0 bridgehead atoms. The van der Waals surface area contributed by atoms with E-state index in [-0.39, 0.29) is 11.7 Å². The summed E-state index contributed by atoms with van der Waals surface area (Å²) >= 11 is 4.70. The van der Waals surface area contributed by atoms with E-state index in [4.69, 9.17) is 4.42 Å². The molecule has 4 nitrogen and oxygen atoms in total. The number of carbonyl (C=O) groups excluding carboxylic acids is 1. The van der Waals surface area contributed by atoms with Crippen molar-refractivity contribution in [2.45, 2.75) is 6.92 Å². The fourth-order valence-corrected chi connectivity index (χ4v) is 2.25. The van der Waals surface area contributed by atoms with E-state index in [1.54, 1.807) is 29.7 Å². The molecule has 1 N–H and O–H groups in total. The predicted octanol–water partition coefficient (Wildman–Crippen LogP) is 3.18. The highest BCUT2D eigenvalue weighted by molar-refractivity contribution is 9.10. The van der Waals surface area contributed by atoms with Gasteiger partial charge in [-0.25, -0.2) is 5.43 Å². The van der Waals surface area contributed by atoms with E-state index in [2.05, 4.69) is 26.5 Å². The van der Waals surface area contributed by atoms with Crippen LogP contribution in [-0.4, -0.2) is 12.1 Å². The molecular formula is C11H9BrN2O2S. The van der Waals surface area contributed by atoms with Gasteiger partial charge in [0, 0.05) is 4.88 Å². The molecule has 0 aromatic carbocycles. The van der Waals surface area contributed by atoms with Crippen molar-refractivity contribution in [1.29, 1.82) is 0 Å². The molecule has 2 aromatic rings. The maximum atomic E-state index is 11.5. The second kappa shape index (κ2) is 5.29. The summed E-state index contributed by atoms with van der Waals surface area (Å²) < 4.78 is 5.60. The third kappa shape index (κ3) is 3.04. The van der Waals surface area contributed by atoms with Crippen LogP contribution in [0.4, 0.5) is 0 Å². The minimum absolute atomic E-state index is 0.219. The minimum Gasteiger partial charge on any atom is -0.444 e. The summed E-state index contributed by atoms with van der Waals surface area (Å²) in [6.07, 6.45) is 1.62. The highest BCUT2D eigenvalue weighted by atomic mass is 79.9. The quantitative estimate of drug-likeness (QED) is 0.699. The van der Waals surface area contributed by atoms with Gasteiger partial charge in [0.1, 0.15) is 0 Å². The van der Waals surface area contributed by atoms with Gasteiger partial charge in [-0.2, -0.15) is 5.10 Å². The molecule has 6 heteroatoms. The fraction of sp³-hybridized carbons (Fsp3) is 0.0909. The van der Waals surface area contributed by atoms with E-state index < -0.39 is 0 Å². The number of aryl methyl sites for hydroxylation is 1. The van der Waals surface area contributed by atoms with Gasteiger partial charge in [0.15, 0.2) is 10.4 Å². The predicted molar refractivity (Wildman–Crippen MR) is 70.5 cm³/mol. The zero-order chi connectivity index (χ0) is 12.3. The first kappa shape index (κ1) is 12.1. The van der Waals surface area contributed by atoms with Gasteiger partial charge in [-0.3, -0.25) is 4.79 Å². The molecule has 2 heterocycles. The Labute approximate surface area is 110 Å². The molecule has 0 radical (unpaired) electrons. The molecule has 0 unspecified atom stereocenters. The van der Waals surface area contributed by atoms with Crippen LogP contribution < -0.4 is 5.43 Å². The van der Waals surface area contributed by atoms with Crippen LogP contribution in [0.5, 0.6) is 0 Å². The average molecular weight is 313 g/mol. The first-order valence-electron chi connectivity index (χ1n) is 4.79. The number of carbonyl (C=O) groups is 1. The fourth-order valence-electron chi connectivity index (χ4n) is 1.16. The third-order valence-electron chi connectivity index (χ3n) is 2.05. The second-order valence-electron chi connectivity index (χ2n) is 3.27. The van der Waals surface area contributed by atoms with Crippen LogP contribution in [0, 0.1) is 6.92 Å². The number of rotatable bonds is 3. The molecule has 2 aromatic heterocycles. The van der Waals surface area contributed by atoms with Crippen LogP contribution in [0.1, 0.15) is 21.0 Å². The van der Waals surface area contributed by atoms with E-state index in [1.165, 1.54) is 0 Å². The molecule has 88 valence electrons. The van der Waals surface area contributed by atoms with E-state index in [0.717, 1.165) is 10.4 Å². The van der Waals surface area contributed by atoms with E-state index in [9.17, 15) is 4.79 Å². The Kier molecular flexibility index (Phi) is 3.75. The lowest BCUT2D eigenvalue weighted by atomic mass is 10.3. The molecule has 0 atom stereocenters. The zero-order valence-corrected chi connectivity index (χ0v) is 11.3. The van der Waals surface area contributed by atoms with Crippen molar-refractivity contribution in [3.05, 3.63) is 44.4 Å². The molecule has 17 heavy (non-hydrogen) atoms. The van der Waals surface area contributed by atoms with Gasteiger partial charge >= 0.3 is 5.91 Å². The number of nitrogens with zero attached hydrogens (tertiary/aromatic N) is 1. The van der Waals surface area contributed by atoms with Crippen LogP contribution in [-0.2, 0) is 0 Å². The third-order valence-corrected chi connectivity index (χ3v) is 3.43. The SMILES string of the molecule is Cc1ccsc1C=NNC(=O)c1ccc(Br)o1. The van der Waals surface area contributed by atoms with Crippen LogP contribution >= 0.6 is 27.3 Å². The molecule has 0 aliphatic carbocycles. The van der Waals surface area contributed by atoms with Crippen molar-refractivity contribution >= 4 is 39.4 Å². The molecule has 0 aliphatic rings. The molecule has 0 spiro atoms. The lowest BCUT2D eigenvalue weighted by Gasteiger charge is -1.94. The Hall–Kier alpha value is -1.40. The Morgan fingerprint density at radius 1 is 1.53 bits per heavy atom. The topological polar surface area (TPSA) is 54.6 Å². The van der Waals surface area contributed by atoms with Crippen molar-refractivity contribution in [1.82, 2.24) is 5.43 Å². The second-order valence-corrected chi connectivity index (χ2v) is 5.00. The van der Waals surface area contributed by atoms with Crippen LogP contribution in [0.25, 0.3) is 0 Å². The maximum absolute atomic E-state index is 11.5. The molecule has 0 aliphatic heterocycles. The zero-order valence-electron chi connectivity index (χ0n) is 8.94. The van der Waals surface area contributed by atoms with Gasteiger partial charge < -0.3 is 4.42 Å². The van der Waals surface area contributed by atoms with E-state index >= 15 is 0 Å². The minimum atomic E-state index is -0.374. The molecular weight excluding hydrogens is 304 g/mol. The Morgan fingerprint density at radius 3 is 2.94 bits per heavy atom. The number of hydrazone groups is 1. The Morgan fingerprint density at radius 2 is 2.35 bits per heavy atom. The Balaban J connectivity index is 1.97. The lowest BCUT2D eigenvalue weighted by Crippen LogP contribution is -2.16. The number of thiophene rings is 1. The summed E-state index contributed by atoms with van der Waals surface area (Å²) in [6.45, 7) is 1.99. The number of furan rings is 1. The standard InChI is InChI=1S/C11H9BrN2O2S/c1-7-4-5-17-9(7)6-13-14-11(15)8-2-3-10(12)16-8/h2-6H,1H3,(H,14,15). The molecule has 2 rings (SSSR count). The van der Waals surface area contributed by atoms with Crippen molar-refractivity contribution in [3.63, 3.8) is 0 Å². The number of amides is 1. The number of hydrogen-bond acceptors (Lipinski definition) is 4. The highest BCUT2D eigenvalue weighted by Crippen LogP contribution is 2.14. The van der Waals surface area contributed by atoms with E-state index in [0.29, 0.717) is 4.67 Å². The smallest absolute Gasteiger partial charge is 0.307 e. The summed E-state index contributed by atoms with van der Waals surface area (Å²) in [5.41, 5.74) is 3.53. The summed E-state index contributed by atoms with van der Waals surface area (Å²) in [5.74, 6) is -0.155. The molecule has 0 saturated carbocycles. The summed E-state index contributed by atoms with van der Waals surface area (Å²) in [6, 6.07) is 5.23. The van der Waals surface area contributed by atoms with Crippen LogP contribution in [0.15, 0.2) is 37.8 Å². The van der Waals surface area contributed by atoms with Crippen molar-refractivity contribution in [2.75, 3.05) is 0 Å². The Bertz CT molecular complexity index is 559. The van der Waals surface area contributed by atoms with Crippen LogP contribution in [0.3, 0.4) is 0 Å². The van der Waals surface area contributed by atoms with E-state index in [1.807, 2.05) is 18.4 Å². The lowest BCUT2D eigenvalue weighted by molar-refractivity contribution is 0.0926. The first-order valence-corrected chi connectivity index (χ1v) is 6.47. The van der Waals surface area contributed by atoms with Crippen LogP contribution in [0.2, 0.25) is 0 Å². The van der Waals surface area contributed by atoms with Gasteiger partial charge in [-0.15, -0.1) is 11.3 Å². The molecule has 1 amide bonds. The van der Waals surface area contributed by atoms with Gasteiger partial charge in [0.2, 0.25) is 0 Å².